The van der Waals surface area contributed by atoms with Gasteiger partial charge in [0, 0.05) is 19.3 Å². The fourth-order valence-electron chi connectivity index (χ4n) is 6.99. The fourth-order valence-corrected chi connectivity index (χ4v) is 6.99. The molecule has 0 radical (unpaired) electrons. The first-order chi connectivity index (χ1) is 36.0. The van der Waals surface area contributed by atoms with Crippen molar-refractivity contribution in [2.24, 2.45) is 0 Å². The highest BCUT2D eigenvalue weighted by molar-refractivity contribution is 5.71. The number of esters is 3. The smallest absolute Gasteiger partial charge is 0.306 e. The lowest BCUT2D eigenvalue weighted by atomic mass is 10.1. The van der Waals surface area contributed by atoms with E-state index in [1.165, 1.54) is 0 Å². The van der Waals surface area contributed by atoms with Crippen LogP contribution in [-0.2, 0) is 28.6 Å². The molecular formula is C67H102O6. The molecule has 0 saturated carbocycles. The zero-order chi connectivity index (χ0) is 52.9. The largest absolute Gasteiger partial charge is 0.462 e. The standard InChI is InChI=1S/C67H102O6/c1-4-7-10-13-15-17-19-21-23-25-27-29-30-31-32-33-34-35-36-38-39-41-43-45-47-49-51-54-57-60-66(69)72-63-64(62-71-65(68)59-56-53-12-9-6-3)73-67(70)61-58-55-52-50-48-46-44-42-40-37-28-26-24-22-20-18-16-14-11-8-5-2/h7-8,10-11,15-18,21-24,27-29,31-32,34-35,37-39,42-45,48,50,64H,4-6,9,12-14,19-20,25-26,30,33,36,40-41,46-47,49,51-63H2,1-3H3/b10-7-,11-8-,17-15-,18-16-,23-21-,24-22-,29-27-,32-31-,35-34-,37-28-,39-38-,44-42-,45-43-,50-48-. The van der Waals surface area contributed by atoms with E-state index >= 15 is 0 Å². The van der Waals surface area contributed by atoms with E-state index in [2.05, 4.69) is 191 Å². The number of allylic oxidation sites excluding steroid dienone is 28. The predicted molar refractivity (Wildman–Crippen MR) is 315 cm³/mol. The van der Waals surface area contributed by atoms with Crippen molar-refractivity contribution in [1.82, 2.24) is 0 Å². The van der Waals surface area contributed by atoms with Gasteiger partial charge in [-0.05, 0) is 135 Å². The van der Waals surface area contributed by atoms with E-state index in [1.54, 1.807) is 0 Å². The molecule has 0 aliphatic heterocycles. The zero-order valence-electron chi connectivity index (χ0n) is 46.3. The van der Waals surface area contributed by atoms with Crippen LogP contribution in [0.1, 0.15) is 213 Å². The Morgan fingerprint density at radius 3 is 0.849 bits per heavy atom. The lowest BCUT2D eigenvalue weighted by Crippen LogP contribution is -2.30. The van der Waals surface area contributed by atoms with Gasteiger partial charge >= 0.3 is 17.9 Å². The Balaban J connectivity index is 4.28. The normalized spacial score (nSPS) is 13.4. The van der Waals surface area contributed by atoms with E-state index in [-0.39, 0.29) is 37.5 Å². The summed E-state index contributed by atoms with van der Waals surface area (Å²) in [7, 11) is 0. The van der Waals surface area contributed by atoms with Crippen molar-refractivity contribution < 1.29 is 28.6 Å². The Bertz CT molecular complexity index is 1720. The highest BCUT2D eigenvalue weighted by atomic mass is 16.6. The molecule has 0 spiro atoms. The molecule has 0 amide bonds. The minimum absolute atomic E-state index is 0.113. The average Bonchev–Trinajstić information content (AvgIpc) is 3.39. The molecule has 0 bridgehead atoms. The molecule has 0 aromatic rings. The lowest BCUT2D eigenvalue weighted by Gasteiger charge is -2.18. The van der Waals surface area contributed by atoms with Crippen LogP contribution < -0.4 is 0 Å². The van der Waals surface area contributed by atoms with Crippen LogP contribution in [0, 0.1) is 0 Å². The second-order valence-corrected chi connectivity index (χ2v) is 18.1. The van der Waals surface area contributed by atoms with Gasteiger partial charge in [-0.2, -0.15) is 0 Å². The number of hydrogen-bond donors (Lipinski definition) is 0. The molecule has 0 aromatic heterocycles. The second kappa shape index (κ2) is 59.3. The second-order valence-electron chi connectivity index (χ2n) is 18.1. The molecule has 0 saturated heterocycles. The maximum Gasteiger partial charge on any atom is 0.306 e. The molecule has 0 heterocycles. The molecule has 406 valence electrons. The number of ether oxygens (including phenoxy) is 3. The van der Waals surface area contributed by atoms with E-state index in [4.69, 9.17) is 14.2 Å². The molecule has 0 fully saturated rings. The third-order valence-electron chi connectivity index (χ3n) is 11.2. The molecule has 6 nitrogen and oxygen atoms in total. The van der Waals surface area contributed by atoms with Gasteiger partial charge in [0.05, 0.1) is 0 Å². The molecule has 73 heavy (non-hydrogen) atoms. The predicted octanol–water partition coefficient (Wildman–Crippen LogP) is 19.5. The summed E-state index contributed by atoms with van der Waals surface area (Å²) in [6.07, 6.45) is 88.2. The summed E-state index contributed by atoms with van der Waals surface area (Å²) in [6.45, 7) is 6.24. The molecular weight excluding hydrogens is 901 g/mol. The van der Waals surface area contributed by atoms with E-state index in [1.807, 2.05) is 0 Å². The number of carbonyl (C=O) groups is 3. The van der Waals surface area contributed by atoms with Gasteiger partial charge in [0.1, 0.15) is 13.2 Å². The van der Waals surface area contributed by atoms with Gasteiger partial charge in [-0.3, -0.25) is 14.4 Å². The Morgan fingerprint density at radius 2 is 0.534 bits per heavy atom. The maximum atomic E-state index is 12.8. The molecule has 0 rings (SSSR count). The Labute approximate surface area is 447 Å². The topological polar surface area (TPSA) is 78.9 Å². The summed E-state index contributed by atoms with van der Waals surface area (Å²) in [4.78, 5) is 37.8. The average molecular weight is 1000 g/mol. The van der Waals surface area contributed by atoms with E-state index < -0.39 is 6.10 Å². The number of rotatable bonds is 49. The van der Waals surface area contributed by atoms with Gasteiger partial charge in [-0.15, -0.1) is 0 Å². The Kier molecular flexibility index (Phi) is 55.1. The van der Waals surface area contributed by atoms with Crippen LogP contribution in [0.5, 0.6) is 0 Å². The van der Waals surface area contributed by atoms with Crippen molar-refractivity contribution in [2.45, 2.75) is 219 Å². The highest BCUT2D eigenvalue weighted by Crippen LogP contribution is 2.11. The quantitative estimate of drug-likeness (QED) is 0.0261. The molecule has 1 unspecified atom stereocenters. The minimum Gasteiger partial charge on any atom is -0.462 e. The van der Waals surface area contributed by atoms with E-state index in [9.17, 15) is 14.4 Å². The Morgan fingerprint density at radius 1 is 0.288 bits per heavy atom. The molecule has 0 N–H and O–H groups in total. The molecule has 6 heteroatoms. The molecule has 1 atom stereocenters. The highest BCUT2D eigenvalue weighted by Gasteiger charge is 2.19. The van der Waals surface area contributed by atoms with Crippen molar-refractivity contribution >= 4 is 17.9 Å². The molecule has 0 aliphatic carbocycles. The summed E-state index contributed by atoms with van der Waals surface area (Å²) in [5.41, 5.74) is 0. The van der Waals surface area contributed by atoms with Crippen LogP contribution in [0.15, 0.2) is 170 Å². The van der Waals surface area contributed by atoms with E-state index in [0.717, 1.165) is 167 Å². The molecule has 0 aromatic carbocycles. The summed E-state index contributed by atoms with van der Waals surface area (Å²) in [5.74, 6) is -1.01. The SMILES string of the molecule is CC/C=C\C/C=C\C/C=C\C/C=C\C/C=C\C/C=C\C/C=C\C/C=C\CCCCCCC(=O)OCC(COC(=O)CCCCCCC)OC(=O)CCCC/C=C\C/C=C\C/C=C\C/C=C\C/C=C\C/C=C\CC. The number of unbranched alkanes of at least 4 members (excludes halogenated alkanes) is 10. The zero-order valence-corrected chi connectivity index (χ0v) is 46.3. The number of carbonyl (C=O) groups excluding carboxylic acids is 3. The van der Waals surface area contributed by atoms with Crippen molar-refractivity contribution in [3.05, 3.63) is 170 Å². The van der Waals surface area contributed by atoms with Crippen molar-refractivity contribution in [1.29, 1.82) is 0 Å². The molecule has 0 aliphatic rings. The summed E-state index contributed by atoms with van der Waals surface area (Å²) in [5, 5.41) is 0. The summed E-state index contributed by atoms with van der Waals surface area (Å²) >= 11 is 0. The van der Waals surface area contributed by atoms with Gasteiger partial charge in [0.25, 0.3) is 0 Å². The van der Waals surface area contributed by atoms with Crippen molar-refractivity contribution in [3.63, 3.8) is 0 Å². The van der Waals surface area contributed by atoms with Crippen LogP contribution in [-0.4, -0.2) is 37.2 Å². The van der Waals surface area contributed by atoms with Crippen LogP contribution in [0.4, 0.5) is 0 Å². The van der Waals surface area contributed by atoms with Crippen LogP contribution in [0.25, 0.3) is 0 Å². The first-order valence-corrected chi connectivity index (χ1v) is 28.6. The first-order valence-electron chi connectivity index (χ1n) is 28.6. The summed E-state index contributed by atoms with van der Waals surface area (Å²) < 4.78 is 16.6. The lowest BCUT2D eigenvalue weighted by molar-refractivity contribution is -0.167. The van der Waals surface area contributed by atoms with Gasteiger partial charge in [0.15, 0.2) is 6.10 Å². The van der Waals surface area contributed by atoms with Crippen LogP contribution in [0.2, 0.25) is 0 Å². The van der Waals surface area contributed by atoms with Gasteiger partial charge in [0.2, 0.25) is 0 Å². The van der Waals surface area contributed by atoms with Gasteiger partial charge in [-0.1, -0.05) is 229 Å². The van der Waals surface area contributed by atoms with Crippen LogP contribution in [0.3, 0.4) is 0 Å². The van der Waals surface area contributed by atoms with Crippen LogP contribution >= 0.6 is 0 Å². The van der Waals surface area contributed by atoms with E-state index in [0.29, 0.717) is 19.3 Å². The Hall–Kier alpha value is -5.23. The summed E-state index contributed by atoms with van der Waals surface area (Å²) in [6, 6.07) is 0. The number of hydrogen-bond acceptors (Lipinski definition) is 6. The van der Waals surface area contributed by atoms with Crippen molar-refractivity contribution in [2.75, 3.05) is 13.2 Å². The fraction of sp³-hybridized carbons (Fsp3) is 0.537. The monoisotopic (exact) mass is 1000 g/mol. The van der Waals surface area contributed by atoms with Gasteiger partial charge in [-0.25, -0.2) is 0 Å². The van der Waals surface area contributed by atoms with Crippen molar-refractivity contribution in [3.8, 4) is 0 Å². The minimum atomic E-state index is -0.817. The third kappa shape index (κ3) is 57.5. The maximum absolute atomic E-state index is 12.8. The first kappa shape index (κ1) is 67.8. The van der Waals surface area contributed by atoms with Gasteiger partial charge < -0.3 is 14.2 Å². The third-order valence-corrected chi connectivity index (χ3v) is 11.2.